The van der Waals surface area contributed by atoms with Crippen LogP contribution in [-0.2, 0) is 0 Å². The molecule has 0 spiro atoms. The Hall–Kier alpha value is -1.00. The number of rotatable bonds is 1. The summed E-state index contributed by atoms with van der Waals surface area (Å²) >= 11 is 0.636. The van der Waals surface area contributed by atoms with E-state index in [0.29, 0.717) is 41.3 Å². The van der Waals surface area contributed by atoms with Gasteiger partial charge >= 0.3 is 0 Å². The number of hydrogen-bond acceptors (Lipinski definition) is 4. The molecule has 0 amide bonds. The molecule has 0 bridgehead atoms. The fraction of sp³-hybridized carbons (Fsp3) is 0.222. The second-order valence-electron chi connectivity index (χ2n) is 2.77. The van der Waals surface area contributed by atoms with Crippen LogP contribution in [0.5, 0.6) is 5.75 Å². The Labute approximate surface area is 79.9 Å². The Morgan fingerprint density at radius 1 is 1.46 bits per heavy atom. The third kappa shape index (κ3) is 1.55. The summed E-state index contributed by atoms with van der Waals surface area (Å²) in [5.41, 5.74) is 0.574. The van der Waals surface area contributed by atoms with Crippen molar-refractivity contribution in [3.05, 3.63) is 23.8 Å². The van der Waals surface area contributed by atoms with E-state index in [9.17, 15) is 4.79 Å². The standard InChI is InChI=1S/C9H8O3S/c10-8-3-4-12-9-2-1-6(13-11)5-7(8)9/h1-2,5,11H,3-4H2. The second-order valence-corrected chi connectivity index (χ2v) is 3.42. The number of carbonyl (C=O) groups excluding carboxylic acids is 1. The number of hydrogen-bond donors (Lipinski definition) is 1. The van der Waals surface area contributed by atoms with Crippen molar-refractivity contribution >= 4 is 17.8 Å². The molecule has 0 aromatic heterocycles. The molecule has 0 saturated carbocycles. The molecule has 0 unspecified atom stereocenters. The molecule has 1 aliphatic rings. The zero-order valence-corrected chi connectivity index (χ0v) is 7.63. The lowest BCUT2D eigenvalue weighted by atomic mass is 10.1. The Balaban J connectivity index is 2.47. The quantitative estimate of drug-likeness (QED) is 0.699. The van der Waals surface area contributed by atoms with E-state index in [2.05, 4.69) is 0 Å². The fourth-order valence-corrected chi connectivity index (χ4v) is 1.60. The average molecular weight is 196 g/mol. The summed E-state index contributed by atoms with van der Waals surface area (Å²) in [6.45, 7) is 0.456. The average Bonchev–Trinajstić information content (AvgIpc) is 2.18. The Bertz CT molecular complexity index is 349. The number of benzene rings is 1. The van der Waals surface area contributed by atoms with E-state index in [1.165, 1.54) is 0 Å². The van der Waals surface area contributed by atoms with E-state index in [0.717, 1.165) is 0 Å². The number of Topliss-reactive ketones (excluding diaryl/α,β-unsaturated/α-hetero) is 1. The Morgan fingerprint density at radius 2 is 2.31 bits per heavy atom. The minimum Gasteiger partial charge on any atom is -0.492 e. The third-order valence-corrected chi connectivity index (χ3v) is 2.41. The highest BCUT2D eigenvalue weighted by atomic mass is 32.2. The number of carbonyl (C=O) groups is 1. The van der Waals surface area contributed by atoms with Gasteiger partial charge in [0.25, 0.3) is 0 Å². The van der Waals surface area contributed by atoms with Crippen LogP contribution in [0.25, 0.3) is 0 Å². The van der Waals surface area contributed by atoms with Gasteiger partial charge in [0.05, 0.1) is 12.2 Å². The summed E-state index contributed by atoms with van der Waals surface area (Å²) in [5.74, 6) is 0.700. The van der Waals surface area contributed by atoms with Crippen LogP contribution in [0.4, 0.5) is 0 Å². The van der Waals surface area contributed by atoms with Crippen LogP contribution in [0.3, 0.4) is 0 Å². The van der Waals surface area contributed by atoms with Crippen LogP contribution in [0.2, 0.25) is 0 Å². The van der Waals surface area contributed by atoms with Crippen molar-refractivity contribution in [3.8, 4) is 5.75 Å². The lowest BCUT2D eigenvalue weighted by molar-refractivity contribution is 0.0933. The Kier molecular flexibility index (Phi) is 2.24. The van der Waals surface area contributed by atoms with Crippen molar-refractivity contribution in [3.63, 3.8) is 0 Å². The van der Waals surface area contributed by atoms with Crippen molar-refractivity contribution in [2.45, 2.75) is 11.3 Å². The first-order valence-electron chi connectivity index (χ1n) is 3.93. The zero-order chi connectivity index (χ0) is 9.26. The fourth-order valence-electron chi connectivity index (χ4n) is 1.30. The lowest BCUT2D eigenvalue weighted by Gasteiger charge is -2.16. The molecule has 1 aromatic rings. The number of fused-ring (bicyclic) bond motifs is 1. The first-order chi connectivity index (χ1) is 6.31. The van der Waals surface area contributed by atoms with Gasteiger partial charge in [-0.3, -0.25) is 4.79 Å². The highest BCUT2D eigenvalue weighted by Crippen LogP contribution is 2.28. The highest BCUT2D eigenvalue weighted by Gasteiger charge is 2.18. The topological polar surface area (TPSA) is 46.5 Å². The van der Waals surface area contributed by atoms with Gasteiger partial charge in [0.1, 0.15) is 5.75 Å². The first kappa shape index (κ1) is 8.59. The maximum absolute atomic E-state index is 11.4. The molecule has 0 aliphatic carbocycles. The van der Waals surface area contributed by atoms with E-state index >= 15 is 0 Å². The van der Waals surface area contributed by atoms with E-state index < -0.39 is 0 Å². The molecule has 3 nitrogen and oxygen atoms in total. The molecule has 2 rings (SSSR count). The smallest absolute Gasteiger partial charge is 0.170 e. The van der Waals surface area contributed by atoms with Gasteiger partial charge in [-0.25, -0.2) is 0 Å². The minimum atomic E-state index is 0.0807. The molecule has 0 fully saturated rings. The molecule has 0 atom stereocenters. The van der Waals surface area contributed by atoms with Crippen LogP contribution in [0.1, 0.15) is 16.8 Å². The molecular weight excluding hydrogens is 188 g/mol. The molecule has 0 saturated heterocycles. The van der Waals surface area contributed by atoms with Crippen molar-refractivity contribution in [2.75, 3.05) is 6.61 Å². The normalized spacial score (nSPS) is 15.0. The third-order valence-electron chi connectivity index (χ3n) is 1.94. The van der Waals surface area contributed by atoms with Gasteiger partial charge in [-0.1, -0.05) is 0 Å². The van der Waals surface area contributed by atoms with Gasteiger partial charge in [0.15, 0.2) is 5.78 Å². The first-order valence-corrected chi connectivity index (χ1v) is 4.70. The van der Waals surface area contributed by atoms with Crippen LogP contribution >= 0.6 is 12.0 Å². The molecule has 13 heavy (non-hydrogen) atoms. The molecule has 1 aliphatic heterocycles. The summed E-state index contributed by atoms with van der Waals surface area (Å²) in [4.78, 5) is 12.0. The van der Waals surface area contributed by atoms with Crippen LogP contribution in [0.15, 0.2) is 23.1 Å². The van der Waals surface area contributed by atoms with Gasteiger partial charge in [-0.05, 0) is 18.2 Å². The molecule has 1 heterocycles. The maximum atomic E-state index is 11.4. The van der Waals surface area contributed by atoms with E-state index in [1.54, 1.807) is 18.2 Å². The van der Waals surface area contributed by atoms with Crippen molar-refractivity contribution in [1.29, 1.82) is 0 Å². The SMILES string of the molecule is O=C1CCOc2ccc(SO)cc21. The predicted octanol–water partition coefficient (Wildman–Crippen LogP) is 2.22. The minimum absolute atomic E-state index is 0.0807. The molecular formula is C9H8O3S. The lowest BCUT2D eigenvalue weighted by Crippen LogP contribution is -2.15. The van der Waals surface area contributed by atoms with Gasteiger partial charge in [0.2, 0.25) is 0 Å². The summed E-state index contributed by atoms with van der Waals surface area (Å²) in [5, 5.41) is 0. The predicted molar refractivity (Wildman–Crippen MR) is 49.4 cm³/mol. The van der Waals surface area contributed by atoms with E-state index in [1.807, 2.05) is 0 Å². The van der Waals surface area contributed by atoms with Crippen molar-refractivity contribution < 1.29 is 14.1 Å². The molecule has 1 aromatic carbocycles. The Morgan fingerprint density at radius 3 is 3.08 bits per heavy atom. The van der Waals surface area contributed by atoms with Gasteiger partial charge in [-0.15, -0.1) is 0 Å². The summed E-state index contributed by atoms with van der Waals surface area (Å²) < 4.78 is 14.1. The maximum Gasteiger partial charge on any atom is 0.170 e. The van der Waals surface area contributed by atoms with Crippen LogP contribution in [0, 0.1) is 0 Å². The molecule has 68 valence electrons. The monoisotopic (exact) mass is 196 g/mol. The largest absolute Gasteiger partial charge is 0.492 e. The highest BCUT2D eigenvalue weighted by molar-refractivity contribution is 7.93. The van der Waals surface area contributed by atoms with Gasteiger partial charge in [0, 0.05) is 23.4 Å². The van der Waals surface area contributed by atoms with E-state index in [-0.39, 0.29) is 5.78 Å². The van der Waals surface area contributed by atoms with Crippen molar-refractivity contribution in [1.82, 2.24) is 0 Å². The molecule has 1 N–H and O–H groups in total. The van der Waals surface area contributed by atoms with E-state index in [4.69, 9.17) is 9.29 Å². The molecule has 4 heteroatoms. The second kappa shape index (κ2) is 3.40. The molecule has 0 radical (unpaired) electrons. The van der Waals surface area contributed by atoms with Crippen molar-refractivity contribution in [2.24, 2.45) is 0 Å². The number of ketones is 1. The summed E-state index contributed by atoms with van der Waals surface area (Å²) in [7, 11) is 0. The van der Waals surface area contributed by atoms with Crippen LogP contribution < -0.4 is 4.74 Å². The van der Waals surface area contributed by atoms with Gasteiger partial charge in [-0.2, -0.15) is 0 Å². The van der Waals surface area contributed by atoms with Crippen LogP contribution in [-0.4, -0.2) is 16.9 Å². The summed E-state index contributed by atoms with van der Waals surface area (Å²) in [6.07, 6.45) is 0.423. The zero-order valence-electron chi connectivity index (χ0n) is 6.82. The van der Waals surface area contributed by atoms with Gasteiger partial charge < -0.3 is 9.29 Å². The number of ether oxygens (including phenoxy) is 1. The summed E-state index contributed by atoms with van der Waals surface area (Å²) in [6, 6.07) is 5.09.